The smallest absolute Gasteiger partial charge is 0.313 e. The molecule has 0 saturated carbocycles. The zero-order chi connectivity index (χ0) is 70.0. The van der Waals surface area contributed by atoms with Crippen LogP contribution in [0.4, 0.5) is 34.4 Å². The fourth-order valence-corrected chi connectivity index (χ4v) is 8.57. The molecule has 11 aromatic rings. The Morgan fingerprint density at radius 2 is 0.902 bits per heavy atom. The highest BCUT2D eigenvalue weighted by Crippen LogP contribution is 2.30. The monoisotopic (exact) mass is 1560 g/mol. The van der Waals surface area contributed by atoms with Gasteiger partial charge in [-0.15, -0.1) is 23.8 Å². The Hall–Kier alpha value is -7.86. The number of fused-ring (bicyclic) bond motifs is 2. The van der Waals surface area contributed by atoms with Gasteiger partial charge in [0, 0.05) is 102 Å². The van der Waals surface area contributed by atoms with Crippen LogP contribution in [0.3, 0.4) is 0 Å². The third-order valence-electron chi connectivity index (χ3n) is 11.5. The Morgan fingerprint density at radius 1 is 0.500 bits per heavy atom. The van der Waals surface area contributed by atoms with Crippen LogP contribution in [0.1, 0.15) is 97.6 Å². The van der Waals surface area contributed by atoms with Crippen molar-refractivity contribution in [3.8, 4) is 22.8 Å². The number of pyridine rings is 9. The molecule has 26 heteroatoms. The molecule has 0 aliphatic heterocycles. The van der Waals surface area contributed by atoms with Crippen molar-refractivity contribution in [2.24, 2.45) is 0 Å². The summed E-state index contributed by atoms with van der Waals surface area (Å²) in [7, 11) is 4.53. The van der Waals surface area contributed by atoms with Crippen molar-refractivity contribution in [3.05, 3.63) is 205 Å². The number of rotatable bonds is 11. The van der Waals surface area contributed by atoms with Gasteiger partial charge >= 0.3 is 5.69 Å². The molecule has 22 nitrogen and oxygen atoms in total. The molecule has 0 aliphatic carbocycles. The maximum absolute atomic E-state index is 11.0. The number of nitro groups is 1. The molecule has 92 heavy (non-hydrogen) atoms. The van der Waals surface area contributed by atoms with Crippen molar-refractivity contribution in [2.75, 3.05) is 37.7 Å². The summed E-state index contributed by atoms with van der Waals surface area (Å²) >= 11 is 11.5. The van der Waals surface area contributed by atoms with Crippen LogP contribution in [-0.2, 0) is 14.2 Å². The zero-order valence-electron chi connectivity index (χ0n) is 56.4. The number of hydrogen-bond donors (Lipinski definition) is 3. The second-order valence-electron chi connectivity index (χ2n) is 17.1. The van der Waals surface area contributed by atoms with Crippen LogP contribution >= 0.6 is 71.6 Å². The van der Waals surface area contributed by atoms with Crippen molar-refractivity contribution in [3.63, 3.8) is 0 Å². The SMILES string of the molecule is CC.CC.CC.CC.CC.COC(OC)OC.Cc1cncc(-c2ccnc(-n3cnc4c(C)nccc43)c2)c1.Cc1nccc(Nc2cc(Br)ccn2)c1N.Cc1nccc(Nc2cc(Br)ccn2)c1[N+](=O)[O-].Cc1nccc2c1ncn2-c1cc(Br)ccn1.[3H]I. The summed E-state index contributed by atoms with van der Waals surface area (Å²) in [5.74, 6) is 2.94. The predicted molar refractivity (Wildman–Crippen MR) is 395 cm³/mol. The molecular weight excluding hydrogens is 1480 g/mol. The average molecular weight is 1570 g/mol. The van der Waals surface area contributed by atoms with Gasteiger partial charge in [-0.3, -0.25) is 44.2 Å². The molecule has 0 atom stereocenters. The van der Waals surface area contributed by atoms with E-state index >= 15 is 0 Å². The number of anilines is 5. The van der Waals surface area contributed by atoms with Crippen LogP contribution in [0.2, 0.25) is 0 Å². The van der Waals surface area contributed by atoms with Gasteiger partial charge in [0.25, 0.3) is 6.48 Å². The summed E-state index contributed by atoms with van der Waals surface area (Å²) in [5.41, 5.74) is 17.8. The summed E-state index contributed by atoms with van der Waals surface area (Å²) in [6.45, 7) is 28.9. The van der Waals surface area contributed by atoms with E-state index in [1.54, 1.807) is 75.0 Å². The molecule has 0 bridgehead atoms. The van der Waals surface area contributed by atoms with E-state index in [9.17, 15) is 10.1 Å². The molecule has 0 aromatic carbocycles. The van der Waals surface area contributed by atoms with Crippen molar-refractivity contribution in [2.45, 2.75) is 110 Å². The highest BCUT2D eigenvalue weighted by molar-refractivity contribution is 14.0. The fraction of sp³-hybridized carbons (Fsp3) is 0.288. The van der Waals surface area contributed by atoms with Gasteiger partial charge in [-0.2, -0.15) is 0 Å². The highest BCUT2D eigenvalue weighted by atomic mass is 127. The number of aromatic nitrogens is 13. The van der Waals surface area contributed by atoms with Gasteiger partial charge in [-0.1, -0.05) is 117 Å². The van der Waals surface area contributed by atoms with Gasteiger partial charge in [0.05, 0.1) is 44.4 Å². The van der Waals surface area contributed by atoms with E-state index in [0.717, 1.165) is 92.4 Å². The number of imidazole rings is 2. The largest absolute Gasteiger partial charge is 0.396 e. The number of hydrogen-bond acceptors (Lipinski definition) is 19. The molecule has 0 saturated heterocycles. The lowest BCUT2D eigenvalue weighted by molar-refractivity contribution is -0.384. The summed E-state index contributed by atoms with van der Waals surface area (Å²) < 4.78 is 26.3. The predicted octanol–water partition coefficient (Wildman–Crippen LogP) is 18.4. The summed E-state index contributed by atoms with van der Waals surface area (Å²) in [6, 6.07) is 24.5. The maximum Gasteiger partial charge on any atom is 0.313 e. The number of aryl methyl sites for hydroxylation is 5. The molecule has 0 spiro atoms. The maximum atomic E-state index is 11.0. The second kappa shape index (κ2) is 45.4. The van der Waals surface area contributed by atoms with E-state index in [2.05, 4.69) is 134 Å². The number of nitrogens with one attached hydrogen (secondary N) is 2. The second-order valence-corrected chi connectivity index (χ2v) is 19.9. The Morgan fingerprint density at radius 3 is 1.35 bits per heavy atom. The molecule has 0 amide bonds. The molecule has 0 radical (unpaired) electrons. The molecule has 11 aromatic heterocycles. The Balaban J connectivity index is 0.000000573. The van der Waals surface area contributed by atoms with Gasteiger partial charge in [0.1, 0.15) is 58.9 Å². The number of nitrogen functional groups attached to an aromatic ring is 1. The van der Waals surface area contributed by atoms with Crippen LogP contribution < -0.4 is 16.4 Å². The lowest BCUT2D eigenvalue weighted by atomic mass is 10.1. The first-order valence-corrected chi connectivity index (χ1v) is 31.7. The van der Waals surface area contributed by atoms with Crippen LogP contribution in [0, 0.1) is 44.7 Å². The number of methoxy groups -OCH3 is 3. The average Bonchev–Trinajstić information content (AvgIpc) is 1.70. The first kappa shape index (κ1) is 80.2. The standard InChI is InChI=1S/C18H15N5.C12H9BrN4.C11H9BrN4O2.C11H11BrN4.C4H10O3.5C2H6.HI/c1-12-7-15(10-19-9-12)14-3-5-21-17(8-14)23-11-22-18-13(2)20-6-4-16(18)23;1-8-12-10(3-5-14-8)17(7-16-12)11-6-9(13)2-4-15-11;1-7-11(16(17)18)9(3-5-13-7)15-10-6-8(12)2-4-14-10;1-7-11(13)9(3-5-14-7)16-10-6-8(12)2-4-15-10;1-5-4(6-2)7-3;5*1-2;/h3-11H,1-2H3;2-7H,1H3;2-6H,1H3,(H,13,14,15);2-6H,13H2,1H3,(H,14,15,16);4H,1-3H3;5*1-2H3;1H/i/hT. The van der Waals surface area contributed by atoms with Gasteiger partial charge in [-0.25, -0.2) is 29.9 Å². The minimum atomic E-state index is -0.514. The van der Waals surface area contributed by atoms with Gasteiger partial charge in [-0.05, 0) is 125 Å². The highest BCUT2D eigenvalue weighted by Gasteiger charge is 2.19. The molecule has 4 N–H and O–H groups in total. The summed E-state index contributed by atoms with van der Waals surface area (Å²) in [4.78, 5) is 57.3. The summed E-state index contributed by atoms with van der Waals surface area (Å²) in [5, 5.41) is 17.1. The fourth-order valence-electron chi connectivity index (χ4n) is 7.57. The Bertz CT molecular complexity index is 3920. The molecule has 0 fully saturated rings. The van der Waals surface area contributed by atoms with E-state index in [1.807, 2.05) is 179 Å². The van der Waals surface area contributed by atoms with E-state index in [4.69, 9.17) is 6.33 Å². The van der Waals surface area contributed by atoms with Crippen molar-refractivity contribution in [1.82, 2.24) is 64.0 Å². The van der Waals surface area contributed by atoms with E-state index in [0.29, 0.717) is 22.9 Å². The third-order valence-corrected chi connectivity index (χ3v) is 13.0. The number of ether oxygens (including phenoxy) is 3. The van der Waals surface area contributed by atoms with E-state index in [-0.39, 0.29) is 5.69 Å². The lowest BCUT2D eigenvalue weighted by Gasteiger charge is -2.09. The number of halogens is 4. The van der Waals surface area contributed by atoms with Gasteiger partial charge in [0.2, 0.25) is 0 Å². The minimum Gasteiger partial charge on any atom is -0.396 e. The molecular formula is C66H85Br3IN17O5. The van der Waals surface area contributed by atoms with Crippen molar-refractivity contribution < 1.29 is 19.1 Å². The molecule has 11 heterocycles. The van der Waals surface area contributed by atoms with Gasteiger partial charge in [0.15, 0.2) is 0 Å². The first-order chi connectivity index (χ1) is 45.1. The van der Waals surface area contributed by atoms with Crippen LogP contribution in [0.5, 0.6) is 0 Å². The first-order valence-electron chi connectivity index (χ1n) is 29.7. The number of nitrogens with two attached hydrogens (primary N) is 1. The Labute approximate surface area is 583 Å². The summed E-state index contributed by atoms with van der Waals surface area (Å²) in [6.07, 6.45) is 21.0. The van der Waals surface area contributed by atoms with Gasteiger partial charge < -0.3 is 30.6 Å². The Kier molecular flexibility index (Phi) is 39.6. The third kappa shape index (κ3) is 25.3. The van der Waals surface area contributed by atoms with Crippen LogP contribution in [0.25, 0.3) is 44.8 Å². The quantitative estimate of drug-likeness (QED) is 0.0470. The topological polar surface area (TPSA) is 273 Å². The zero-order valence-corrected chi connectivity index (χ0v) is 62.3. The molecule has 492 valence electrons. The van der Waals surface area contributed by atoms with E-state index in [1.165, 1.54) is 51.3 Å². The van der Waals surface area contributed by atoms with Crippen molar-refractivity contribution in [1.29, 1.82) is 0.594 Å². The van der Waals surface area contributed by atoms with Crippen molar-refractivity contribution >= 4 is 128 Å². The molecule has 0 unspecified atom stereocenters. The molecule has 11 rings (SSSR count). The van der Waals surface area contributed by atoms with Crippen LogP contribution in [-0.4, -0.2) is 97.3 Å². The number of nitrogens with zero attached hydrogens (tertiary/aromatic N) is 14. The normalized spacial score (nSPS) is 9.71. The van der Waals surface area contributed by atoms with E-state index < -0.39 is 11.4 Å². The minimum absolute atomic E-state index is 0.0423. The molecule has 0 aliphatic rings. The van der Waals surface area contributed by atoms with Crippen LogP contribution in [0.15, 0.2) is 167 Å². The lowest BCUT2D eigenvalue weighted by Crippen LogP contribution is -2.14.